The molecule has 0 radical (unpaired) electrons. The number of ether oxygens (including phenoxy) is 1. The minimum absolute atomic E-state index is 0.137. The number of anilines is 1. The molecule has 0 saturated carbocycles. The average Bonchev–Trinajstić information content (AvgIpc) is 2.71. The van der Waals surface area contributed by atoms with Gasteiger partial charge in [-0.25, -0.2) is 0 Å². The number of nitrogens with one attached hydrogen (secondary N) is 1. The Bertz CT molecular complexity index is 879. The topological polar surface area (TPSA) is 79.0 Å². The number of carbonyl (C=O) groups is 3. The van der Waals surface area contributed by atoms with Gasteiger partial charge in [0.25, 0.3) is 0 Å². The van der Waals surface area contributed by atoms with Gasteiger partial charge in [0.2, 0.25) is 5.91 Å². The van der Waals surface area contributed by atoms with E-state index in [1.165, 1.54) is 9.80 Å². The minimum Gasteiger partial charge on any atom is -0.497 e. The first-order chi connectivity index (χ1) is 13.5. The summed E-state index contributed by atoms with van der Waals surface area (Å²) in [7, 11) is 1.54. The van der Waals surface area contributed by atoms with Crippen molar-refractivity contribution in [1.29, 1.82) is 0 Å². The van der Waals surface area contributed by atoms with E-state index in [4.69, 9.17) is 4.74 Å². The first-order valence-electron chi connectivity index (χ1n) is 9.05. The number of piperazine rings is 1. The van der Waals surface area contributed by atoms with Crippen LogP contribution in [0.2, 0.25) is 0 Å². The third-order valence-electron chi connectivity index (χ3n) is 4.62. The van der Waals surface area contributed by atoms with Gasteiger partial charge < -0.3 is 19.9 Å². The van der Waals surface area contributed by atoms with Crippen molar-refractivity contribution in [2.45, 2.75) is 13.5 Å². The summed E-state index contributed by atoms with van der Waals surface area (Å²) in [6.45, 7) is 2.85. The van der Waals surface area contributed by atoms with Crippen LogP contribution in [-0.2, 0) is 20.9 Å². The van der Waals surface area contributed by atoms with Crippen LogP contribution in [0, 0.1) is 6.92 Å². The molecule has 28 heavy (non-hydrogen) atoms. The summed E-state index contributed by atoms with van der Waals surface area (Å²) >= 11 is 0. The smallest absolute Gasteiger partial charge is 0.316 e. The fourth-order valence-corrected chi connectivity index (χ4v) is 2.99. The Kier molecular flexibility index (Phi) is 5.93. The Morgan fingerprint density at radius 2 is 1.82 bits per heavy atom. The largest absolute Gasteiger partial charge is 0.497 e. The van der Waals surface area contributed by atoms with Gasteiger partial charge in [-0.15, -0.1) is 0 Å². The number of hydrogen-bond acceptors (Lipinski definition) is 4. The van der Waals surface area contributed by atoms with E-state index >= 15 is 0 Å². The molecular weight excluding hydrogens is 358 g/mol. The standard InChI is InChI=1S/C21H23N3O4/c1-15-6-8-16(9-7-15)13-22-19(25)14-23-10-11-24(21(27)20(23)26)17-4-3-5-18(12-17)28-2/h3-9,12H,10-11,13-14H2,1-2H3,(H,22,25). The molecule has 1 fully saturated rings. The molecule has 0 bridgehead atoms. The lowest BCUT2D eigenvalue weighted by molar-refractivity contribution is -0.147. The molecular formula is C21H23N3O4. The predicted molar refractivity (Wildman–Crippen MR) is 105 cm³/mol. The molecule has 7 nitrogen and oxygen atoms in total. The van der Waals surface area contributed by atoms with Crippen LogP contribution in [0.1, 0.15) is 11.1 Å². The molecule has 2 aromatic rings. The van der Waals surface area contributed by atoms with Gasteiger partial charge in [-0.3, -0.25) is 14.4 Å². The van der Waals surface area contributed by atoms with E-state index in [0.717, 1.165) is 11.1 Å². The summed E-state index contributed by atoms with van der Waals surface area (Å²) in [5.41, 5.74) is 2.72. The van der Waals surface area contributed by atoms with E-state index in [-0.39, 0.29) is 12.5 Å². The van der Waals surface area contributed by atoms with Gasteiger partial charge >= 0.3 is 11.8 Å². The van der Waals surface area contributed by atoms with Crippen molar-refractivity contribution in [2.75, 3.05) is 31.6 Å². The number of methoxy groups -OCH3 is 1. The lowest BCUT2D eigenvalue weighted by Crippen LogP contribution is -2.56. The van der Waals surface area contributed by atoms with E-state index < -0.39 is 11.8 Å². The maximum Gasteiger partial charge on any atom is 0.316 e. The van der Waals surface area contributed by atoms with Gasteiger partial charge in [0.15, 0.2) is 0 Å². The summed E-state index contributed by atoms with van der Waals surface area (Å²) in [5, 5.41) is 2.78. The van der Waals surface area contributed by atoms with E-state index in [1.54, 1.807) is 31.4 Å². The molecule has 3 rings (SSSR count). The number of rotatable bonds is 6. The van der Waals surface area contributed by atoms with E-state index in [9.17, 15) is 14.4 Å². The van der Waals surface area contributed by atoms with Gasteiger partial charge in [0, 0.05) is 31.4 Å². The third-order valence-corrected chi connectivity index (χ3v) is 4.62. The highest BCUT2D eigenvalue weighted by Crippen LogP contribution is 2.23. The van der Waals surface area contributed by atoms with Gasteiger partial charge in [0.1, 0.15) is 12.3 Å². The molecule has 3 amide bonds. The quantitative estimate of drug-likeness (QED) is 0.769. The van der Waals surface area contributed by atoms with Crippen molar-refractivity contribution in [3.05, 3.63) is 59.7 Å². The Labute approximate surface area is 163 Å². The van der Waals surface area contributed by atoms with Crippen LogP contribution in [0.3, 0.4) is 0 Å². The lowest BCUT2D eigenvalue weighted by Gasteiger charge is -2.33. The first kappa shape index (κ1) is 19.4. The van der Waals surface area contributed by atoms with Crippen LogP contribution < -0.4 is 15.0 Å². The molecule has 1 N–H and O–H groups in total. The number of nitrogens with zero attached hydrogens (tertiary/aromatic N) is 2. The van der Waals surface area contributed by atoms with Crippen molar-refractivity contribution < 1.29 is 19.1 Å². The van der Waals surface area contributed by atoms with Crippen molar-refractivity contribution >= 4 is 23.4 Å². The van der Waals surface area contributed by atoms with Gasteiger partial charge in [0.05, 0.1) is 7.11 Å². The van der Waals surface area contributed by atoms with Crippen molar-refractivity contribution in [2.24, 2.45) is 0 Å². The summed E-state index contributed by atoms with van der Waals surface area (Å²) in [6.07, 6.45) is 0. The zero-order valence-corrected chi connectivity index (χ0v) is 16.0. The zero-order chi connectivity index (χ0) is 20.1. The molecule has 0 aromatic heterocycles. The van der Waals surface area contributed by atoms with Crippen LogP contribution in [-0.4, -0.2) is 49.4 Å². The molecule has 7 heteroatoms. The minimum atomic E-state index is -0.681. The highest BCUT2D eigenvalue weighted by Gasteiger charge is 2.34. The Balaban J connectivity index is 1.56. The molecule has 1 aliphatic heterocycles. The van der Waals surface area contributed by atoms with Crippen molar-refractivity contribution in [3.8, 4) is 5.75 Å². The fourth-order valence-electron chi connectivity index (χ4n) is 2.99. The SMILES string of the molecule is COc1cccc(N2CCN(CC(=O)NCc3ccc(C)cc3)C(=O)C2=O)c1. The molecule has 0 unspecified atom stereocenters. The highest BCUT2D eigenvalue weighted by molar-refractivity contribution is 6.41. The molecule has 0 spiro atoms. The molecule has 1 aliphatic rings. The number of amides is 3. The zero-order valence-electron chi connectivity index (χ0n) is 16.0. The number of benzene rings is 2. The molecule has 146 valence electrons. The summed E-state index contributed by atoms with van der Waals surface area (Å²) < 4.78 is 5.17. The molecule has 1 heterocycles. The molecule has 1 saturated heterocycles. The predicted octanol–water partition coefficient (Wildman–Crippen LogP) is 1.50. The molecule has 2 aromatic carbocycles. The molecule has 0 atom stereocenters. The summed E-state index contributed by atoms with van der Waals surface area (Å²) in [5.74, 6) is -1.02. The number of aryl methyl sites for hydroxylation is 1. The Morgan fingerprint density at radius 1 is 1.07 bits per heavy atom. The normalized spacial score (nSPS) is 14.2. The Morgan fingerprint density at radius 3 is 2.54 bits per heavy atom. The lowest BCUT2D eigenvalue weighted by atomic mass is 10.1. The van der Waals surface area contributed by atoms with Crippen molar-refractivity contribution in [1.82, 2.24) is 10.2 Å². The maximum absolute atomic E-state index is 12.5. The summed E-state index contributed by atoms with van der Waals surface area (Å²) in [6, 6.07) is 14.8. The third kappa shape index (κ3) is 4.49. The summed E-state index contributed by atoms with van der Waals surface area (Å²) in [4.78, 5) is 39.8. The second-order valence-corrected chi connectivity index (χ2v) is 6.65. The number of hydrogen-bond donors (Lipinski definition) is 1. The first-order valence-corrected chi connectivity index (χ1v) is 9.05. The van der Waals surface area contributed by atoms with Crippen LogP contribution in [0.15, 0.2) is 48.5 Å². The number of carbonyl (C=O) groups excluding carboxylic acids is 3. The Hall–Kier alpha value is -3.35. The second-order valence-electron chi connectivity index (χ2n) is 6.65. The van der Waals surface area contributed by atoms with Crippen LogP contribution in [0.25, 0.3) is 0 Å². The second kappa shape index (κ2) is 8.56. The maximum atomic E-state index is 12.5. The van der Waals surface area contributed by atoms with E-state index in [1.807, 2.05) is 31.2 Å². The van der Waals surface area contributed by atoms with Gasteiger partial charge in [-0.05, 0) is 24.6 Å². The van der Waals surface area contributed by atoms with Crippen LogP contribution >= 0.6 is 0 Å². The average molecular weight is 381 g/mol. The van der Waals surface area contributed by atoms with E-state index in [2.05, 4.69) is 5.32 Å². The van der Waals surface area contributed by atoms with Gasteiger partial charge in [-0.1, -0.05) is 35.9 Å². The monoisotopic (exact) mass is 381 g/mol. The van der Waals surface area contributed by atoms with Crippen LogP contribution in [0.4, 0.5) is 5.69 Å². The van der Waals surface area contributed by atoms with Gasteiger partial charge in [-0.2, -0.15) is 0 Å². The van der Waals surface area contributed by atoms with Crippen LogP contribution in [0.5, 0.6) is 5.75 Å². The molecule has 0 aliphatic carbocycles. The van der Waals surface area contributed by atoms with E-state index in [0.29, 0.717) is 31.1 Å². The van der Waals surface area contributed by atoms with Crippen molar-refractivity contribution in [3.63, 3.8) is 0 Å². The highest BCUT2D eigenvalue weighted by atomic mass is 16.5. The fraction of sp³-hybridized carbons (Fsp3) is 0.286.